The molecule has 0 aliphatic rings. The van der Waals surface area contributed by atoms with Crippen LogP contribution >= 0.6 is 0 Å². The first-order chi connectivity index (χ1) is 3.66. The first-order valence-electron chi connectivity index (χ1n) is 3.06. The van der Waals surface area contributed by atoms with E-state index in [1.807, 2.05) is 6.07 Å². The minimum Gasteiger partial charge on any atom is -0.198 e. The summed E-state index contributed by atoms with van der Waals surface area (Å²) in [5.74, 6) is -0.144. The van der Waals surface area contributed by atoms with Gasteiger partial charge in [-0.2, -0.15) is 5.26 Å². The maximum absolute atomic E-state index is 8.17. The first-order valence-corrected chi connectivity index (χ1v) is 1.91. The molecule has 0 fully saturated rings. The van der Waals surface area contributed by atoms with Crippen LogP contribution in [-0.2, 0) is 0 Å². The fourth-order valence-electron chi connectivity index (χ4n) is 0.0527. The summed E-state index contributed by atoms with van der Waals surface area (Å²) in [6.45, 7) is 0.875. The van der Waals surface area contributed by atoms with Crippen molar-refractivity contribution in [1.82, 2.24) is 0 Å². The van der Waals surface area contributed by atoms with Gasteiger partial charge in [0.15, 0.2) is 0 Å². The second-order valence-corrected chi connectivity index (χ2v) is 1.27. The van der Waals surface area contributed by atoms with Gasteiger partial charge in [0.05, 0.1) is 6.07 Å². The zero-order valence-corrected chi connectivity index (χ0v) is 3.81. The van der Waals surface area contributed by atoms with Crippen molar-refractivity contribution in [2.45, 2.75) is 20.2 Å². The highest BCUT2D eigenvalue weighted by Gasteiger charge is 1.88. The van der Waals surface area contributed by atoms with Crippen LogP contribution in [0.25, 0.3) is 0 Å². The van der Waals surface area contributed by atoms with Gasteiger partial charge in [0, 0.05) is 8.66 Å². The largest absolute Gasteiger partial charge is 0.198 e. The molecule has 0 N–H and O–H groups in total. The monoisotopic (exact) mass is 86.1 g/mol. The van der Waals surface area contributed by atoms with E-state index in [4.69, 9.17) is 8.00 Å². The molecule has 0 rings (SSSR count). The molecule has 1 nitrogen and oxygen atoms in total. The molecule has 0 radical (unpaired) electrons. The lowest BCUT2D eigenvalue weighted by Crippen LogP contribution is -1.81. The topological polar surface area (TPSA) is 23.8 Å². The molecular weight excluding hydrogens is 74.1 g/mol. The molecule has 0 spiro atoms. The SMILES string of the molecule is [2H]C([3H])CC(C)C#N. The fraction of sp³-hybridized carbons (Fsp3) is 0.800. The van der Waals surface area contributed by atoms with E-state index < -0.39 is 6.88 Å². The Bertz CT molecular complexity index is 95.1. The predicted molar refractivity (Wildman–Crippen MR) is 25.1 cm³/mol. The third-order valence-electron chi connectivity index (χ3n) is 0.574. The van der Waals surface area contributed by atoms with Gasteiger partial charge < -0.3 is 0 Å². The summed E-state index contributed by atoms with van der Waals surface area (Å²) in [6.07, 6.45) is 0.358. The Balaban J connectivity index is 3.28. The minimum atomic E-state index is -0.843. The molecule has 0 aliphatic heterocycles. The standard InChI is InChI=1S/C5H9N/c1-3-5(2)4-6/h5H,3H2,1-2H3/i1TD. The zero-order valence-electron chi connectivity index (χ0n) is 5.81. The van der Waals surface area contributed by atoms with Crippen molar-refractivity contribution in [2.24, 2.45) is 5.92 Å². The van der Waals surface area contributed by atoms with E-state index in [-0.39, 0.29) is 5.92 Å². The minimum absolute atomic E-state index is 0.144. The second-order valence-electron chi connectivity index (χ2n) is 1.27. The van der Waals surface area contributed by atoms with Crippen LogP contribution in [0.4, 0.5) is 0 Å². The lowest BCUT2D eigenvalue weighted by Gasteiger charge is -1.87. The molecular formula is C5H9N. The predicted octanol–water partition coefficient (Wildman–Crippen LogP) is 1.56. The Hall–Kier alpha value is -0.510. The van der Waals surface area contributed by atoms with Gasteiger partial charge in [0.25, 0.3) is 0 Å². The highest BCUT2D eigenvalue weighted by molar-refractivity contribution is 4.76. The molecule has 0 aromatic rings. The summed E-state index contributed by atoms with van der Waals surface area (Å²) >= 11 is 0. The molecule has 0 saturated carbocycles. The smallest absolute Gasteiger partial charge is 0.0652 e. The second kappa shape index (κ2) is 2.71. The normalized spacial score (nSPS) is 22.7. The van der Waals surface area contributed by atoms with Gasteiger partial charge >= 0.3 is 0 Å². The van der Waals surface area contributed by atoms with E-state index in [1.54, 1.807) is 6.92 Å². The van der Waals surface area contributed by atoms with E-state index in [1.165, 1.54) is 0 Å². The lowest BCUT2D eigenvalue weighted by atomic mass is 10.2. The molecule has 0 heterocycles. The Kier molecular flexibility index (Phi) is 1.19. The van der Waals surface area contributed by atoms with Crippen molar-refractivity contribution in [3.05, 3.63) is 0 Å². The molecule has 2 unspecified atom stereocenters. The molecule has 0 aliphatic carbocycles. The molecule has 0 bridgehead atoms. The summed E-state index contributed by atoms with van der Waals surface area (Å²) in [5.41, 5.74) is 0. The Morgan fingerprint density at radius 3 is 3.33 bits per heavy atom. The van der Waals surface area contributed by atoms with Gasteiger partial charge in [-0.15, -0.1) is 0 Å². The van der Waals surface area contributed by atoms with Gasteiger partial charge in [-0.05, 0) is 13.3 Å². The molecule has 6 heavy (non-hydrogen) atoms. The van der Waals surface area contributed by atoms with E-state index in [0.29, 0.717) is 6.42 Å². The van der Waals surface area contributed by atoms with E-state index in [2.05, 4.69) is 0 Å². The average Bonchev–Trinajstić information content (AvgIpc) is 1.65. The van der Waals surface area contributed by atoms with Crippen molar-refractivity contribution in [3.63, 3.8) is 0 Å². The summed E-state index contributed by atoms with van der Waals surface area (Å²) in [5, 5.41) is 8.17. The van der Waals surface area contributed by atoms with Crippen LogP contribution in [0.3, 0.4) is 0 Å². The molecule has 0 saturated heterocycles. The van der Waals surface area contributed by atoms with Gasteiger partial charge in [-0.3, -0.25) is 0 Å². The van der Waals surface area contributed by atoms with Crippen LogP contribution in [-0.4, -0.2) is 0 Å². The maximum Gasteiger partial charge on any atom is 0.0652 e. The number of hydrogen-bond donors (Lipinski definition) is 0. The van der Waals surface area contributed by atoms with Gasteiger partial charge in [-0.1, -0.05) is 6.88 Å². The number of nitriles is 1. The molecule has 34 valence electrons. The Morgan fingerprint density at radius 1 is 2.50 bits per heavy atom. The average molecular weight is 86.1 g/mol. The molecule has 1 heteroatoms. The van der Waals surface area contributed by atoms with Gasteiger partial charge in [0.2, 0.25) is 0 Å². The summed E-state index contributed by atoms with van der Waals surface area (Å²) in [6, 6.07) is 1.96. The quantitative estimate of drug-likeness (QED) is 0.475. The molecule has 0 aromatic carbocycles. The maximum atomic E-state index is 8.17. The van der Waals surface area contributed by atoms with Crippen LogP contribution in [0.15, 0.2) is 0 Å². The Labute approximate surface area is 41.4 Å². The number of hydrogen-bond acceptors (Lipinski definition) is 1. The van der Waals surface area contributed by atoms with Crippen LogP contribution < -0.4 is 0 Å². The Morgan fingerprint density at radius 2 is 3.17 bits per heavy atom. The number of rotatable bonds is 1. The van der Waals surface area contributed by atoms with Crippen molar-refractivity contribution in [3.8, 4) is 6.07 Å². The van der Waals surface area contributed by atoms with E-state index in [9.17, 15) is 0 Å². The van der Waals surface area contributed by atoms with Gasteiger partial charge in [0.1, 0.15) is 0 Å². The first kappa shape index (κ1) is 2.63. The number of nitrogens with zero attached hydrogens (tertiary/aromatic N) is 1. The highest BCUT2D eigenvalue weighted by Crippen LogP contribution is 1.94. The third-order valence-corrected chi connectivity index (χ3v) is 0.574. The zero-order chi connectivity index (χ0) is 6.57. The van der Waals surface area contributed by atoms with Crippen LogP contribution in [0, 0.1) is 17.2 Å². The molecule has 2 atom stereocenters. The fourth-order valence-corrected chi connectivity index (χ4v) is 0.0527. The van der Waals surface area contributed by atoms with E-state index in [0.717, 1.165) is 0 Å². The van der Waals surface area contributed by atoms with Crippen LogP contribution in [0.1, 0.15) is 23.0 Å². The molecule has 0 amide bonds. The van der Waals surface area contributed by atoms with Crippen LogP contribution in [0.5, 0.6) is 0 Å². The van der Waals surface area contributed by atoms with Crippen LogP contribution in [0.2, 0.25) is 0 Å². The third kappa shape index (κ3) is 1.78. The van der Waals surface area contributed by atoms with Gasteiger partial charge in [-0.25, -0.2) is 0 Å². The van der Waals surface area contributed by atoms with Crippen molar-refractivity contribution in [2.75, 3.05) is 0 Å². The van der Waals surface area contributed by atoms with Crippen molar-refractivity contribution < 1.29 is 2.74 Å². The van der Waals surface area contributed by atoms with Crippen molar-refractivity contribution in [1.29, 1.82) is 5.26 Å². The van der Waals surface area contributed by atoms with E-state index >= 15 is 0 Å². The van der Waals surface area contributed by atoms with Crippen molar-refractivity contribution >= 4 is 0 Å². The lowest BCUT2D eigenvalue weighted by molar-refractivity contribution is 0.713. The summed E-state index contributed by atoms with van der Waals surface area (Å²) in [7, 11) is 0. The molecule has 0 aromatic heterocycles. The highest BCUT2D eigenvalue weighted by atomic mass is 14.2. The summed E-state index contributed by atoms with van der Waals surface area (Å²) in [4.78, 5) is 0. The summed E-state index contributed by atoms with van der Waals surface area (Å²) < 4.78 is 13.5.